The average Bonchev–Trinajstić information content (AvgIpc) is 3.13. The molecule has 0 spiro atoms. The molecule has 0 unspecified atom stereocenters. The highest BCUT2D eigenvalue weighted by Crippen LogP contribution is 2.14. The van der Waals surface area contributed by atoms with Gasteiger partial charge in [0.05, 0.1) is 12.3 Å². The Morgan fingerprint density at radius 2 is 1.93 bits per heavy atom. The third-order valence-electron chi connectivity index (χ3n) is 4.06. The topological polar surface area (TPSA) is 71.7 Å². The second-order valence-corrected chi connectivity index (χ2v) is 6.86. The molecule has 2 aromatic rings. The Balaban J connectivity index is 0.00000392. The van der Waals surface area contributed by atoms with Gasteiger partial charge >= 0.3 is 0 Å². The summed E-state index contributed by atoms with van der Waals surface area (Å²) >= 11 is 0. The number of rotatable bonds is 10. The van der Waals surface area contributed by atoms with E-state index in [1.807, 2.05) is 18.2 Å². The van der Waals surface area contributed by atoms with E-state index in [-0.39, 0.29) is 24.0 Å². The fourth-order valence-corrected chi connectivity index (χ4v) is 2.43. The smallest absolute Gasteiger partial charge is 0.191 e. The first kappa shape index (κ1) is 24.3. The van der Waals surface area contributed by atoms with Crippen molar-refractivity contribution < 1.29 is 9.26 Å². The number of guanidine groups is 1. The summed E-state index contributed by atoms with van der Waals surface area (Å²) in [6.07, 6.45) is 2.00. The number of halogens is 1. The molecule has 0 fully saturated rings. The lowest BCUT2D eigenvalue weighted by molar-refractivity contribution is 0.307. The first-order chi connectivity index (χ1) is 13.1. The molecule has 0 aliphatic rings. The van der Waals surface area contributed by atoms with E-state index < -0.39 is 0 Å². The number of ether oxygens (including phenoxy) is 1. The van der Waals surface area contributed by atoms with E-state index in [4.69, 9.17) is 9.26 Å². The van der Waals surface area contributed by atoms with Crippen LogP contribution in [0.5, 0.6) is 5.75 Å². The molecule has 0 amide bonds. The molecule has 2 rings (SSSR count). The zero-order chi connectivity index (χ0) is 19.5. The largest absolute Gasteiger partial charge is 0.494 e. The molecule has 0 aliphatic heterocycles. The molecule has 7 heteroatoms. The Labute approximate surface area is 185 Å². The van der Waals surface area contributed by atoms with Crippen molar-refractivity contribution in [2.45, 2.75) is 53.0 Å². The Morgan fingerprint density at radius 1 is 1.18 bits per heavy atom. The summed E-state index contributed by atoms with van der Waals surface area (Å²) in [4.78, 5) is 4.56. The van der Waals surface area contributed by atoms with E-state index in [9.17, 15) is 0 Å². The lowest BCUT2D eigenvalue weighted by Gasteiger charge is -2.11. The summed E-state index contributed by atoms with van der Waals surface area (Å²) < 4.78 is 11.1. The number of unbranched alkanes of at least 4 members (excludes halogenated alkanes) is 1. The van der Waals surface area contributed by atoms with Crippen LogP contribution >= 0.6 is 24.0 Å². The van der Waals surface area contributed by atoms with Crippen molar-refractivity contribution in [2.75, 3.05) is 19.7 Å². The predicted octanol–water partition coefficient (Wildman–Crippen LogP) is 4.64. The van der Waals surface area contributed by atoms with Gasteiger partial charge in [-0.3, -0.25) is 0 Å². The number of benzene rings is 1. The molecule has 28 heavy (non-hydrogen) atoms. The summed E-state index contributed by atoms with van der Waals surface area (Å²) in [5, 5.41) is 10.7. The second-order valence-electron chi connectivity index (χ2n) is 6.86. The van der Waals surface area contributed by atoms with Crippen molar-refractivity contribution in [1.29, 1.82) is 0 Å². The van der Waals surface area contributed by atoms with Gasteiger partial charge in [-0.05, 0) is 44.7 Å². The molecule has 0 atom stereocenters. The van der Waals surface area contributed by atoms with E-state index in [1.54, 1.807) is 0 Å². The molecular weight excluding hydrogens is 467 g/mol. The molecule has 0 aliphatic carbocycles. The zero-order valence-electron chi connectivity index (χ0n) is 17.3. The minimum Gasteiger partial charge on any atom is -0.494 e. The number of hydrogen-bond donors (Lipinski definition) is 2. The standard InChI is InChI=1S/C21H32N4O2.HI/c1-5-22-21(24-15-19-14-20(16(2)3)25-27-19)23-12-6-7-13-26-18-10-8-17(4)9-11-18;/h8-11,14,16H,5-7,12-13,15H2,1-4H3,(H2,22,23,24);1H. The van der Waals surface area contributed by atoms with Crippen LogP contribution in [-0.2, 0) is 6.54 Å². The summed E-state index contributed by atoms with van der Waals surface area (Å²) in [7, 11) is 0. The predicted molar refractivity (Wildman–Crippen MR) is 125 cm³/mol. The van der Waals surface area contributed by atoms with Gasteiger partial charge in [0.2, 0.25) is 0 Å². The van der Waals surface area contributed by atoms with Crippen molar-refractivity contribution in [3.63, 3.8) is 0 Å². The first-order valence-corrected chi connectivity index (χ1v) is 9.75. The van der Waals surface area contributed by atoms with Crippen LogP contribution in [0.4, 0.5) is 0 Å². The van der Waals surface area contributed by atoms with Crippen molar-refractivity contribution in [3.05, 3.63) is 47.3 Å². The maximum Gasteiger partial charge on any atom is 0.191 e. The second kappa shape index (κ2) is 13.4. The number of nitrogens with zero attached hydrogens (tertiary/aromatic N) is 2. The average molecular weight is 500 g/mol. The number of nitrogens with one attached hydrogen (secondary N) is 2. The summed E-state index contributed by atoms with van der Waals surface area (Å²) in [6.45, 7) is 11.2. The minimum atomic E-state index is 0. The normalized spacial score (nSPS) is 11.2. The van der Waals surface area contributed by atoms with Crippen molar-refractivity contribution in [3.8, 4) is 5.75 Å². The fourth-order valence-electron chi connectivity index (χ4n) is 2.43. The Kier molecular flexibility index (Phi) is 11.6. The summed E-state index contributed by atoms with van der Waals surface area (Å²) in [5.74, 6) is 2.86. The number of hydrogen-bond acceptors (Lipinski definition) is 4. The lowest BCUT2D eigenvalue weighted by Crippen LogP contribution is -2.37. The fraction of sp³-hybridized carbons (Fsp3) is 0.524. The van der Waals surface area contributed by atoms with Crippen LogP contribution < -0.4 is 15.4 Å². The number of aliphatic imine (C=N–C) groups is 1. The van der Waals surface area contributed by atoms with Crippen molar-refractivity contribution in [2.24, 2.45) is 4.99 Å². The van der Waals surface area contributed by atoms with Crippen molar-refractivity contribution in [1.82, 2.24) is 15.8 Å². The highest BCUT2D eigenvalue weighted by atomic mass is 127. The molecule has 2 N–H and O–H groups in total. The quantitative estimate of drug-likeness (QED) is 0.215. The van der Waals surface area contributed by atoms with Crippen molar-refractivity contribution >= 4 is 29.9 Å². The monoisotopic (exact) mass is 500 g/mol. The third-order valence-corrected chi connectivity index (χ3v) is 4.06. The molecule has 0 bridgehead atoms. The highest BCUT2D eigenvalue weighted by Gasteiger charge is 2.07. The minimum absolute atomic E-state index is 0. The van der Waals surface area contributed by atoms with E-state index in [1.165, 1.54) is 5.56 Å². The molecule has 0 saturated heterocycles. The van der Waals surface area contributed by atoms with Gasteiger partial charge in [0.15, 0.2) is 11.7 Å². The number of aromatic nitrogens is 1. The van der Waals surface area contributed by atoms with Gasteiger partial charge in [0, 0.05) is 19.2 Å². The Morgan fingerprint density at radius 3 is 2.57 bits per heavy atom. The lowest BCUT2D eigenvalue weighted by atomic mass is 10.1. The van der Waals surface area contributed by atoms with Crippen LogP contribution in [-0.4, -0.2) is 30.8 Å². The van der Waals surface area contributed by atoms with E-state index in [2.05, 4.69) is 60.6 Å². The van der Waals surface area contributed by atoms with Gasteiger partial charge in [-0.2, -0.15) is 0 Å². The SMILES string of the molecule is CCNC(=NCc1cc(C(C)C)no1)NCCCCOc1ccc(C)cc1.I. The van der Waals surface area contributed by atoms with Gasteiger partial charge < -0.3 is 19.9 Å². The van der Waals surface area contributed by atoms with Crippen LogP contribution in [0.2, 0.25) is 0 Å². The van der Waals surface area contributed by atoms with Crippen LogP contribution in [0.25, 0.3) is 0 Å². The van der Waals surface area contributed by atoms with Gasteiger partial charge in [-0.25, -0.2) is 4.99 Å². The van der Waals surface area contributed by atoms with Gasteiger partial charge in [0.1, 0.15) is 12.3 Å². The molecule has 1 heterocycles. The van der Waals surface area contributed by atoms with Crippen LogP contribution in [0, 0.1) is 6.92 Å². The van der Waals surface area contributed by atoms with Gasteiger partial charge in [-0.15, -0.1) is 24.0 Å². The Bertz CT molecular complexity index is 699. The van der Waals surface area contributed by atoms with Crippen LogP contribution in [0.3, 0.4) is 0 Å². The van der Waals surface area contributed by atoms with E-state index >= 15 is 0 Å². The molecule has 156 valence electrons. The molecular formula is C21H33IN4O2. The molecule has 1 aromatic carbocycles. The summed E-state index contributed by atoms with van der Waals surface area (Å²) in [6, 6.07) is 10.1. The molecule has 0 radical (unpaired) electrons. The third kappa shape index (κ3) is 8.95. The maximum atomic E-state index is 5.75. The summed E-state index contributed by atoms with van der Waals surface area (Å²) in [5.41, 5.74) is 2.21. The van der Waals surface area contributed by atoms with Crippen LogP contribution in [0.15, 0.2) is 39.8 Å². The van der Waals surface area contributed by atoms with Gasteiger partial charge in [-0.1, -0.05) is 36.7 Å². The molecule has 1 aromatic heterocycles. The van der Waals surface area contributed by atoms with Crippen LogP contribution in [0.1, 0.15) is 56.5 Å². The maximum absolute atomic E-state index is 5.75. The Hall–Kier alpha value is -1.77. The van der Waals surface area contributed by atoms with E-state index in [0.29, 0.717) is 19.1 Å². The first-order valence-electron chi connectivity index (χ1n) is 9.75. The number of aryl methyl sites for hydroxylation is 1. The molecule has 6 nitrogen and oxygen atoms in total. The highest BCUT2D eigenvalue weighted by molar-refractivity contribution is 14.0. The van der Waals surface area contributed by atoms with E-state index in [0.717, 1.165) is 49.1 Å². The molecule has 0 saturated carbocycles. The van der Waals surface area contributed by atoms with Gasteiger partial charge in [0.25, 0.3) is 0 Å². The zero-order valence-corrected chi connectivity index (χ0v) is 19.7.